The van der Waals surface area contributed by atoms with E-state index in [1.165, 1.54) is 24.3 Å². The van der Waals surface area contributed by atoms with Gasteiger partial charge in [-0.3, -0.25) is 19.3 Å². The maximum absolute atomic E-state index is 12.5. The number of aromatic hydroxyl groups is 1. The fourth-order valence-electron chi connectivity index (χ4n) is 2.80. The average molecular weight is 381 g/mol. The van der Waals surface area contributed by atoms with Gasteiger partial charge in [-0.2, -0.15) is 0 Å². The van der Waals surface area contributed by atoms with Crippen molar-refractivity contribution in [3.05, 3.63) is 33.7 Å². The van der Waals surface area contributed by atoms with Crippen LogP contribution in [0.1, 0.15) is 24.8 Å². The molecule has 2 aliphatic rings. The number of hydrogen-bond acceptors (Lipinski definition) is 5. The second-order valence-electron chi connectivity index (χ2n) is 5.91. The summed E-state index contributed by atoms with van der Waals surface area (Å²) >= 11 is 6.64. The number of halogens is 1. The van der Waals surface area contributed by atoms with Gasteiger partial charge in [-0.15, -0.1) is 0 Å². The van der Waals surface area contributed by atoms with E-state index < -0.39 is 11.1 Å². The Morgan fingerprint density at radius 2 is 1.96 bits per heavy atom. The SMILES string of the molecule is O=C(CN1C(=O)S/C(=C\c2cc(Cl)ccc2O)C1=O)N1CCCCC1. The Kier molecular flexibility index (Phi) is 5.34. The summed E-state index contributed by atoms with van der Waals surface area (Å²) in [4.78, 5) is 39.7. The predicted octanol–water partition coefficient (Wildman–Crippen LogP) is 3.09. The number of carbonyl (C=O) groups is 3. The summed E-state index contributed by atoms with van der Waals surface area (Å²) in [6.45, 7) is 1.09. The summed E-state index contributed by atoms with van der Waals surface area (Å²) in [7, 11) is 0. The topological polar surface area (TPSA) is 77.9 Å². The quantitative estimate of drug-likeness (QED) is 0.815. The molecule has 0 atom stereocenters. The number of phenols is 1. The molecule has 0 aliphatic carbocycles. The molecule has 1 N–H and O–H groups in total. The van der Waals surface area contributed by atoms with Gasteiger partial charge in [-0.1, -0.05) is 11.6 Å². The van der Waals surface area contributed by atoms with Crippen LogP contribution in [-0.4, -0.2) is 51.6 Å². The Hall–Kier alpha value is -1.99. The minimum atomic E-state index is -0.528. The lowest BCUT2D eigenvalue weighted by Crippen LogP contribution is -2.44. The van der Waals surface area contributed by atoms with Gasteiger partial charge in [0.1, 0.15) is 12.3 Å². The minimum Gasteiger partial charge on any atom is -0.507 e. The molecule has 2 heterocycles. The Bertz CT molecular complexity index is 759. The molecule has 1 aromatic rings. The first-order chi connectivity index (χ1) is 12.0. The van der Waals surface area contributed by atoms with Gasteiger partial charge in [0, 0.05) is 23.7 Å². The van der Waals surface area contributed by atoms with Gasteiger partial charge >= 0.3 is 0 Å². The molecule has 3 amide bonds. The van der Waals surface area contributed by atoms with Crippen molar-refractivity contribution >= 4 is 46.5 Å². The summed E-state index contributed by atoms with van der Waals surface area (Å²) < 4.78 is 0. The average Bonchev–Trinajstić information content (AvgIpc) is 2.86. The first kappa shape index (κ1) is 17.8. The van der Waals surface area contributed by atoms with E-state index in [9.17, 15) is 19.5 Å². The summed E-state index contributed by atoms with van der Waals surface area (Å²) in [5.41, 5.74) is 0.348. The maximum atomic E-state index is 12.5. The summed E-state index contributed by atoms with van der Waals surface area (Å²) in [5.74, 6) is -0.783. The molecular formula is C17H17ClN2O4S. The van der Waals surface area contributed by atoms with Crippen LogP contribution in [0.2, 0.25) is 5.02 Å². The highest BCUT2D eigenvalue weighted by Crippen LogP contribution is 2.34. The molecule has 3 rings (SSSR count). The molecule has 2 saturated heterocycles. The van der Waals surface area contributed by atoms with Crippen LogP contribution in [-0.2, 0) is 9.59 Å². The van der Waals surface area contributed by atoms with Crippen LogP contribution in [0, 0.1) is 0 Å². The largest absolute Gasteiger partial charge is 0.507 e. The lowest BCUT2D eigenvalue weighted by atomic mass is 10.1. The van der Waals surface area contributed by atoms with Gasteiger partial charge in [0.2, 0.25) is 5.91 Å². The van der Waals surface area contributed by atoms with Crippen molar-refractivity contribution in [1.82, 2.24) is 9.80 Å². The number of thioether (sulfide) groups is 1. The molecule has 2 aliphatic heterocycles. The number of rotatable bonds is 3. The van der Waals surface area contributed by atoms with E-state index in [0.29, 0.717) is 23.7 Å². The highest BCUT2D eigenvalue weighted by molar-refractivity contribution is 8.18. The lowest BCUT2D eigenvalue weighted by molar-refractivity contribution is -0.136. The van der Waals surface area contributed by atoms with E-state index in [1.807, 2.05) is 0 Å². The highest BCUT2D eigenvalue weighted by Gasteiger charge is 2.37. The minimum absolute atomic E-state index is 0.0411. The van der Waals surface area contributed by atoms with Gasteiger partial charge in [0.25, 0.3) is 11.1 Å². The zero-order chi connectivity index (χ0) is 18.0. The number of phenolic OH excluding ortho intramolecular Hbond substituents is 1. The number of hydrogen-bond donors (Lipinski definition) is 1. The first-order valence-electron chi connectivity index (χ1n) is 7.97. The van der Waals surface area contributed by atoms with Crippen molar-refractivity contribution in [2.24, 2.45) is 0 Å². The van der Waals surface area contributed by atoms with Gasteiger partial charge in [0.15, 0.2) is 0 Å². The zero-order valence-electron chi connectivity index (χ0n) is 13.4. The zero-order valence-corrected chi connectivity index (χ0v) is 15.0. The molecule has 6 nitrogen and oxygen atoms in total. The molecular weight excluding hydrogens is 364 g/mol. The molecule has 0 spiro atoms. The van der Waals surface area contributed by atoms with Gasteiger partial charge in [-0.05, 0) is 55.3 Å². The fourth-order valence-corrected chi connectivity index (χ4v) is 3.81. The molecule has 25 heavy (non-hydrogen) atoms. The Morgan fingerprint density at radius 1 is 1.24 bits per heavy atom. The lowest BCUT2D eigenvalue weighted by Gasteiger charge is -2.27. The van der Waals surface area contributed by atoms with E-state index in [2.05, 4.69) is 0 Å². The van der Waals surface area contributed by atoms with E-state index in [4.69, 9.17) is 11.6 Å². The fraction of sp³-hybridized carbons (Fsp3) is 0.353. The third-order valence-corrected chi connectivity index (χ3v) is 5.29. The molecule has 8 heteroatoms. The Balaban J connectivity index is 1.74. The van der Waals surface area contributed by atoms with Crippen molar-refractivity contribution in [2.75, 3.05) is 19.6 Å². The maximum Gasteiger partial charge on any atom is 0.294 e. The normalized spacial score (nSPS) is 19.8. The third-order valence-electron chi connectivity index (χ3n) is 4.15. The molecule has 0 radical (unpaired) electrons. The van der Waals surface area contributed by atoms with Crippen LogP contribution in [0.4, 0.5) is 4.79 Å². The predicted molar refractivity (Wildman–Crippen MR) is 96.2 cm³/mol. The monoisotopic (exact) mass is 380 g/mol. The molecule has 0 bridgehead atoms. The van der Waals surface area contributed by atoms with Crippen molar-refractivity contribution in [3.63, 3.8) is 0 Å². The number of benzene rings is 1. The molecule has 0 aromatic heterocycles. The van der Waals surface area contributed by atoms with Gasteiger partial charge in [-0.25, -0.2) is 0 Å². The van der Waals surface area contributed by atoms with Crippen molar-refractivity contribution < 1.29 is 19.5 Å². The summed E-state index contributed by atoms with van der Waals surface area (Å²) in [5, 5.41) is 9.77. The van der Waals surface area contributed by atoms with Crippen LogP contribution in [0.5, 0.6) is 5.75 Å². The van der Waals surface area contributed by atoms with Crippen LogP contribution < -0.4 is 0 Å². The van der Waals surface area contributed by atoms with Crippen LogP contribution >= 0.6 is 23.4 Å². The third kappa shape index (κ3) is 3.99. The second-order valence-corrected chi connectivity index (χ2v) is 7.34. The van der Waals surface area contributed by atoms with Crippen LogP contribution in [0.25, 0.3) is 6.08 Å². The van der Waals surface area contributed by atoms with E-state index in [1.54, 1.807) is 4.90 Å². The Labute approximate surface area is 154 Å². The van der Waals surface area contributed by atoms with Crippen molar-refractivity contribution in [1.29, 1.82) is 0 Å². The molecule has 0 unspecified atom stereocenters. The molecule has 1 aromatic carbocycles. The smallest absolute Gasteiger partial charge is 0.294 e. The number of amides is 3. The number of imide groups is 1. The van der Waals surface area contributed by atoms with Gasteiger partial charge in [0.05, 0.1) is 4.91 Å². The molecule has 2 fully saturated rings. The van der Waals surface area contributed by atoms with E-state index in [0.717, 1.165) is 35.9 Å². The molecule has 0 saturated carbocycles. The van der Waals surface area contributed by atoms with Crippen molar-refractivity contribution in [2.45, 2.75) is 19.3 Å². The van der Waals surface area contributed by atoms with Crippen molar-refractivity contribution in [3.8, 4) is 5.75 Å². The summed E-state index contributed by atoms with van der Waals surface area (Å²) in [6, 6.07) is 4.44. The number of likely N-dealkylation sites (tertiary alicyclic amines) is 1. The van der Waals surface area contributed by atoms with E-state index >= 15 is 0 Å². The Morgan fingerprint density at radius 3 is 2.68 bits per heavy atom. The number of piperidine rings is 1. The van der Waals surface area contributed by atoms with Crippen LogP contribution in [0.3, 0.4) is 0 Å². The van der Waals surface area contributed by atoms with Crippen LogP contribution in [0.15, 0.2) is 23.1 Å². The number of carbonyl (C=O) groups excluding carboxylic acids is 3. The number of nitrogens with zero attached hydrogens (tertiary/aromatic N) is 2. The second kappa shape index (κ2) is 7.49. The standard InChI is InChI=1S/C17H17ClN2O4S/c18-12-4-5-13(21)11(8-12)9-14-16(23)20(17(24)25-14)10-15(22)19-6-2-1-3-7-19/h4-5,8-9,21H,1-3,6-7,10H2/b14-9-. The van der Waals surface area contributed by atoms with Gasteiger partial charge < -0.3 is 10.0 Å². The van der Waals surface area contributed by atoms with E-state index in [-0.39, 0.29) is 23.1 Å². The summed E-state index contributed by atoms with van der Waals surface area (Å²) in [6.07, 6.45) is 4.40. The highest BCUT2D eigenvalue weighted by atomic mass is 35.5. The molecule has 132 valence electrons. The first-order valence-corrected chi connectivity index (χ1v) is 9.17.